The third-order valence-electron chi connectivity index (χ3n) is 2.74. The predicted octanol–water partition coefficient (Wildman–Crippen LogP) is 1.65. The van der Waals surface area contributed by atoms with Gasteiger partial charge < -0.3 is 10.0 Å². The highest BCUT2D eigenvalue weighted by Gasteiger charge is 2.23. The van der Waals surface area contributed by atoms with E-state index in [-0.39, 0.29) is 12.2 Å². The van der Waals surface area contributed by atoms with Gasteiger partial charge in [-0.1, -0.05) is 0 Å². The smallest absolute Gasteiger partial charge is 0.304 e. The van der Waals surface area contributed by atoms with Crippen molar-refractivity contribution in [2.45, 2.75) is 6.42 Å². The maximum atomic E-state index is 12.3. The summed E-state index contributed by atoms with van der Waals surface area (Å²) < 4.78 is 0. The highest BCUT2D eigenvalue weighted by atomic mass is 32.2. The van der Waals surface area contributed by atoms with Crippen LogP contribution in [0.4, 0.5) is 0 Å². The van der Waals surface area contributed by atoms with Gasteiger partial charge in [0.05, 0.1) is 6.42 Å². The number of rotatable bonds is 9. The first-order valence-electron chi connectivity index (χ1n) is 6.39. The third kappa shape index (κ3) is 6.16. The molecule has 6 heteroatoms. The van der Waals surface area contributed by atoms with Gasteiger partial charge in [0, 0.05) is 41.9 Å². The maximum Gasteiger partial charge on any atom is 0.304 e. The molecule has 0 spiro atoms. The zero-order valence-corrected chi connectivity index (χ0v) is 12.6. The van der Waals surface area contributed by atoms with Crippen molar-refractivity contribution in [3.05, 3.63) is 30.1 Å². The highest BCUT2D eigenvalue weighted by Crippen LogP contribution is 2.18. The molecule has 1 unspecified atom stereocenters. The second kappa shape index (κ2) is 8.71. The van der Waals surface area contributed by atoms with Crippen molar-refractivity contribution < 1.29 is 14.7 Å². The molecule has 1 aromatic heterocycles. The number of Topliss-reactive ketones (excluding diaryl/α,β-unsaturated/α-hetero) is 1. The van der Waals surface area contributed by atoms with Gasteiger partial charge in [0.25, 0.3) is 0 Å². The molecule has 0 aliphatic carbocycles. The maximum absolute atomic E-state index is 12.3. The van der Waals surface area contributed by atoms with Gasteiger partial charge in [-0.05, 0) is 26.2 Å². The molecule has 0 radical (unpaired) electrons. The first-order chi connectivity index (χ1) is 9.50. The number of carboxylic acids is 1. The van der Waals surface area contributed by atoms with Crippen molar-refractivity contribution >= 4 is 23.5 Å². The first kappa shape index (κ1) is 16.7. The second-order valence-electron chi connectivity index (χ2n) is 4.78. The van der Waals surface area contributed by atoms with Gasteiger partial charge in [-0.3, -0.25) is 14.6 Å². The number of aromatic nitrogens is 1. The molecule has 1 aromatic rings. The summed E-state index contributed by atoms with van der Waals surface area (Å²) in [6.07, 6.45) is 2.94. The Labute approximate surface area is 123 Å². The van der Waals surface area contributed by atoms with E-state index in [0.29, 0.717) is 11.3 Å². The number of pyridine rings is 1. The molecule has 1 heterocycles. The van der Waals surface area contributed by atoms with Crippen LogP contribution < -0.4 is 0 Å². The van der Waals surface area contributed by atoms with Gasteiger partial charge in [0.15, 0.2) is 5.78 Å². The van der Waals surface area contributed by atoms with Crippen molar-refractivity contribution in [2.24, 2.45) is 5.92 Å². The van der Waals surface area contributed by atoms with Crippen molar-refractivity contribution in [3.63, 3.8) is 0 Å². The van der Waals surface area contributed by atoms with Crippen LogP contribution in [0.15, 0.2) is 24.5 Å². The Morgan fingerprint density at radius 1 is 1.45 bits per heavy atom. The van der Waals surface area contributed by atoms with Crippen LogP contribution in [0.2, 0.25) is 0 Å². The van der Waals surface area contributed by atoms with Crippen molar-refractivity contribution in [2.75, 3.05) is 32.1 Å². The molecule has 0 saturated carbocycles. The lowest BCUT2D eigenvalue weighted by Gasteiger charge is -2.14. The monoisotopic (exact) mass is 296 g/mol. The van der Waals surface area contributed by atoms with E-state index in [4.69, 9.17) is 5.11 Å². The fourth-order valence-electron chi connectivity index (χ4n) is 1.66. The van der Waals surface area contributed by atoms with Crippen LogP contribution >= 0.6 is 11.8 Å². The van der Waals surface area contributed by atoms with E-state index in [1.165, 1.54) is 6.20 Å². The largest absolute Gasteiger partial charge is 0.481 e. The molecular weight excluding hydrogens is 276 g/mol. The topological polar surface area (TPSA) is 70.5 Å². The van der Waals surface area contributed by atoms with Crippen molar-refractivity contribution in [1.82, 2.24) is 9.88 Å². The molecule has 0 amide bonds. The predicted molar refractivity (Wildman–Crippen MR) is 80.2 cm³/mol. The molecule has 1 atom stereocenters. The highest BCUT2D eigenvalue weighted by molar-refractivity contribution is 7.99. The SMILES string of the molecule is CN(C)CCSCC(CC(=O)O)C(=O)c1cccnc1. The van der Waals surface area contributed by atoms with E-state index >= 15 is 0 Å². The average Bonchev–Trinajstić information content (AvgIpc) is 2.41. The lowest BCUT2D eigenvalue weighted by Crippen LogP contribution is -2.22. The molecule has 5 nitrogen and oxygen atoms in total. The summed E-state index contributed by atoms with van der Waals surface area (Å²) in [5.74, 6) is -0.181. The van der Waals surface area contributed by atoms with E-state index in [0.717, 1.165) is 12.3 Å². The minimum absolute atomic E-state index is 0.136. The Bertz CT molecular complexity index is 437. The van der Waals surface area contributed by atoms with Crippen LogP contribution in [0.5, 0.6) is 0 Å². The van der Waals surface area contributed by atoms with Crippen LogP contribution in [-0.4, -0.2) is 58.9 Å². The number of carbonyl (C=O) groups excluding carboxylic acids is 1. The number of hydrogen-bond donors (Lipinski definition) is 1. The van der Waals surface area contributed by atoms with Crippen LogP contribution in [0.25, 0.3) is 0 Å². The van der Waals surface area contributed by atoms with Crippen LogP contribution in [0, 0.1) is 5.92 Å². The van der Waals surface area contributed by atoms with Gasteiger partial charge in [-0.25, -0.2) is 0 Å². The van der Waals surface area contributed by atoms with E-state index < -0.39 is 11.9 Å². The molecule has 0 aliphatic rings. The number of carboxylic acid groups (broad SMARTS) is 1. The minimum Gasteiger partial charge on any atom is -0.481 e. The van der Waals surface area contributed by atoms with Gasteiger partial charge in [-0.15, -0.1) is 0 Å². The van der Waals surface area contributed by atoms with Crippen LogP contribution in [0.1, 0.15) is 16.8 Å². The summed E-state index contributed by atoms with van der Waals surface area (Å²) in [5.41, 5.74) is 0.479. The fraction of sp³-hybridized carbons (Fsp3) is 0.500. The molecule has 20 heavy (non-hydrogen) atoms. The summed E-state index contributed by atoms with van der Waals surface area (Å²) in [6, 6.07) is 3.36. The standard InChI is InChI=1S/C14H20N2O3S/c1-16(2)6-7-20-10-12(8-13(17)18)14(19)11-4-3-5-15-9-11/h3-5,9,12H,6-8,10H2,1-2H3,(H,17,18). The Balaban J connectivity index is 2.59. The quantitative estimate of drug-likeness (QED) is 0.552. The number of aliphatic carboxylic acids is 1. The Morgan fingerprint density at radius 3 is 2.75 bits per heavy atom. The molecule has 110 valence electrons. The Hall–Kier alpha value is -1.40. The van der Waals surface area contributed by atoms with Crippen LogP contribution in [-0.2, 0) is 4.79 Å². The van der Waals surface area contributed by atoms with E-state index in [1.54, 1.807) is 30.1 Å². The zero-order valence-electron chi connectivity index (χ0n) is 11.8. The molecule has 0 fully saturated rings. The van der Waals surface area contributed by atoms with E-state index in [2.05, 4.69) is 9.88 Å². The number of hydrogen-bond acceptors (Lipinski definition) is 5. The summed E-state index contributed by atoms with van der Waals surface area (Å²) in [7, 11) is 3.96. The lowest BCUT2D eigenvalue weighted by molar-refractivity contribution is -0.137. The number of ketones is 1. The molecule has 0 aliphatic heterocycles. The van der Waals surface area contributed by atoms with E-state index in [1.807, 2.05) is 14.1 Å². The summed E-state index contributed by atoms with van der Waals surface area (Å²) in [4.78, 5) is 29.1. The lowest BCUT2D eigenvalue weighted by atomic mass is 9.97. The summed E-state index contributed by atoms with van der Waals surface area (Å²) >= 11 is 1.61. The van der Waals surface area contributed by atoms with Gasteiger partial charge in [0.1, 0.15) is 0 Å². The second-order valence-corrected chi connectivity index (χ2v) is 5.93. The van der Waals surface area contributed by atoms with Crippen molar-refractivity contribution in [3.8, 4) is 0 Å². The molecule has 0 bridgehead atoms. The molecule has 1 rings (SSSR count). The Kier molecular flexibility index (Phi) is 7.25. The molecule has 1 N–H and O–H groups in total. The fourth-order valence-corrected chi connectivity index (χ4v) is 2.87. The third-order valence-corrected chi connectivity index (χ3v) is 3.85. The normalized spacial score (nSPS) is 12.3. The summed E-state index contributed by atoms with van der Waals surface area (Å²) in [6.45, 7) is 0.908. The Morgan fingerprint density at radius 2 is 2.20 bits per heavy atom. The molecular formula is C14H20N2O3S. The summed E-state index contributed by atoms with van der Waals surface area (Å²) in [5, 5.41) is 8.94. The van der Waals surface area contributed by atoms with Gasteiger partial charge >= 0.3 is 5.97 Å². The van der Waals surface area contributed by atoms with E-state index in [9.17, 15) is 9.59 Å². The number of carbonyl (C=O) groups is 2. The van der Waals surface area contributed by atoms with Gasteiger partial charge in [-0.2, -0.15) is 11.8 Å². The minimum atomic E-state index is -0.944. The van der Waals surface area contributed by atoms with Crippen LogP contribution in [0.3, 0.4) is 0 Å². The first-order valence-corrected chi connectivity index (χ1v) is 7.54. The number of nitrogens with zero attached hydrogens (tertiary/aromatic N) is 2. The average molecular weight is 296 g/mol. The van der Waals surface area contributed by atoms with Gasteiger partial charge in [0.2, 0.25) is 0 Å². The zero-order chi connectivity index (χ0) is 15.0. The van der Waals surface area contributed by atoms with Crippen molar-refractivity contribution in [1.29, 1.82) is 0 Å². The molecule has 0 aromatic carbocycles. The number of thioether (sulfide) groups is 1. The molecule has 0 saturated heterocycles.